The minimum absolute atomic E-state index is 0.0586. The number of morpholine rings is 1. The van der Waals surface area contributed by atoms with Crippen LogP contribution in [0.2, 0.25) is 0 Å². The number of rotatable bonds is 5. The average Bonchev–Trinajstić information content (AvgIpc) is 3.13. The van der Waals surface area contributed by atoms with Crippen LogP contribution in [-0.2, 0) is 4.74 Å². The van der Waals surface area contributed by atoms with Crippen molar-refractivity contribution in [2.75, 3.05) is 33.4 Å². The fourth-order valence-corrected chi connectivity index (χ4v) is 4.74. The van der Waals surface area contributed by atoms with Crippen LogP contribution in [0.3, 0.4) is 0 Å². The first-order valence-corrected chi connectivity index (χ1v) is 10.7. The monoisotopic (exact) mass is 415 g/mol. The zero-order chi connectivity index (χ0) is 21.2. The van der Waals surface area contributed by atoms with Crippen molar-refractivity contribution in [3.63, 3.8) is 0 Å². The Kier molecular flexibility index (Phi) is 5.37. The summed E-state index contributed by atoms with van der Waals surface area (Å²) >= 11 is 0. The molecule has 0 amide bonds. The van der Waals surface area contributed by atoms with Gasteiger partial charge < -0.3 is 19.6 Å². The molecule has 3 aromatic carbocycles. The van der Waals surface area contributed by atoms with Gasteiger partial charge in [-0.15, -0.1) is 0 Å². The summed E-state index contributed by atoms with van der Waals surface area (Å²) in [7, 11) is 1.69. The van der Waals surface area contributed by atoms with Crippen LogP contribution in [0.1, 0.15) is 17.2 Å². The second kappa shape index (κ2) is 8.46. The van der Waals surface area contributed by atoms with Gasteiger partial charge in [0, 0.05) is 16.5 Å². The van der Waals surface area contributed by atoms with Crippen LogP contribution in [0.5, 0.6) is 5.75 Å². The first kappa shape index (κ1) is 19.7. The van der Waals surface area contributed by atoms with Gasteiger partial charge in [-0.3, -0.25) is 0 Å². The number of benzene rings is 3. The first-order valence-electron chi connectivity index (χ1n) is 10.7. The summed E-state index contributed by atoms with van der Waals surface area (Å²) in [6.45, 7) is 3.30. The van der Waals surface area contributed by atoms with Crippen LogP contribution < -0.4 is 9.64 Å². The Morgan fingerprint density at radius 3 is 2.29 bits per heavy atom. The summed E-state index contributed by atoms with van der Waals surface area (Å²) in [5, 5.41) is 12.3. The minimum Gasteiger partial charge on any atom is -0.497 e. The van der Waals surface area contributed by atoms with Crippen LogP contribution in [0, 0.1) is 0 Å². The van der Waals surface area contributed by atoms with Crippen molar-refractivity contribution < 1.29 is 19.6 Å². The Morgan fingerprint density at radius 1 is 0.903 bits per heavy atom. The summed E-state index contributed by atoms with van der Waals surface area (Å²) < 4.78 is 12.4. The van der Waals surface area contributed by atoms with Gasteiger partial charge in [-0.2, -0.15) is 4.73 Å². The second-order valence-electron chi connectivity index (χ2n) is 7.93. The maximum Gasteiger partial charge on any atom is 0.142 e. The SMILES string of the molecule is COc1ccc([C@@H](c2c(-c3ccccc3)n(O)c3ccccc23)[NH+]2CCOCC2)cc1. The van der Waals surface area contributed by atoms with Gasteiger partial charge in [-0.25, -0.2) is 0 Å². The number of methoxy groups -OCH3 is 1. The van der Waals surface area contributed by atoms with Gasteiger partial charge in [0.1, 0.15) is 24.9 Å². The number of hydrogen-bond acceptors (Lipinski definition) is 3. The Labute approximate surface area is 182 Å². The highest BCUT2D eigenvalue weighted by Crippen LogP contribution is 2.38. The molecule has 2 heterocycles. The molecule has 2 N–H and O–H groups in total. The van der Waals surface area contributed by atoms with E-state index < -0.39 is 0 Å². The van der Waals surface area contributed by atoms with Crippen LogP contribution in [0.15, 0.2) is 78.9 Å². The highest BCUT2D eigenvalue weighted by atomic mass is 16.5. The van der Waals surface area contributed by atoms with E-state index >= 15 is 0 Å². The Hall–Kier alpha value is -3.28. The summed E-state index contributed by atoms with van der Waals surface area (Å²) in [5.74, 6) is 0.840. The van der Waals surface area contributed by atoms with Crippen molar-refractivity contribution in [2.24, 2.45) is 0 Å². The molecule has 0 saturated carbocycles. The largest absolute Gasteiger partial charge is 0.497 e. The van der Waals surface area contributed by atoms with Crippen molar-refractivity contribution in [3.05, 3.63) is 90.0 Å². The lowest BCUT2D eigenvalue weighted by Crippen LogP contribution is -3.14. The van der Waals surface area contributed by atoms with E-state index in [1.807, 2.05) is 48.5 Å². The van der Waals surface area contributed by atoms with Crippen LogP contribution in [0.4, 0.5) is 0 Å². The van der Waals surface area contributed by atoms with E-state index in [1.54, 1.807) is 7.11 Å². The molecule has 0 unspecified atom stereocenters. The molecular formula is C26H27N2O3+. The van der Waals surface area contributed by atoms with Crippen molar-refractivity contribution in [1.82, 2.24) is 4.73 Å². The third-order valence-electron chi connectivity index (χ3n) is 6.22. The van der Waals surface area contributed by atoms with Gasteiger partial charge in [-0.1, -0.05) is 48.5 Å². The van der Waals surface area contributed by atoms with Gasteiger partial charge in [0.15, 0.2) is 0 Å². The molecular weight excluding hydrogens is 388 g/mol. The zero-order valence-corrected chi connectivity index (χ0v) is 17.6. The molecule has 5 heteroatoms. The lowest BCUT2D eigenvalue weighted by atomic mass is 9.92. The van der Waals surface area contributed by atoms with E-state index in [-0.39, 0.29) is 6.04 Å². The number of hydrogen-bond donors (Lipinski definition) is 2. The number of ether oxygens (including phenoxy) is 2. The molecule has 1 aliphatic rings. The molecule has 1 atom stereocenters. The Morgan fingerprint density at radius 2 is 1.58 bits per heavy atom. The molecule has 0 bridgehead atoms. The fraction of sp³-hybridized carbons (Fsp3) is 0.231. The summed E-state index contributed by atoms with van der Waals surface area (Å²) in [4.78, 5) is 1.44. The number of aromatic nitrogens is 1. The van der Waals surface area contributed by atoms with E-state index in [0.29, 0.717) is 0 Å². The maximum absolute atomic E-state index is 11.3. The molecule has 1 fully saturated rings. The second-order valence-corrected chi connectivity index (χ2v) is 7.93. The van der Waals surface area contributed by atoms with Crippen molar-refractivity contribution >= 4 is 10.9 Å². The molecule has 5 rings (SSSR count). The van der Waals surface area contributed by atoms with Gasteiger partial charge in [-0.05, 0) is 30.3 Å². The highest BCUT2D eigenvalue weighted by molar-refractivity contribution is 5.92. The highest BCUT2D eigenvalue weighted by Gasteiger charge is 2.34. The fourth-order valence-electron chi connectivity index (χ4n) is 4.74. The third-order valence-corrected chi connectivity index (χ3v) is 6.22. The smallest absolute Gasteiger partial charge is 0.142 e. The topological polar surface area (TPSA) is 48.1 Å². The molecule has 5 nitrogen and oxygen atoms in total. The third kappa shape index (κ3) is 3.56. The van der Waals surface area contributed by atoms with Gasteiger partial charge >= 0.3 is 0 Å². The van der Waals surface area contributed by atoms with Gasteiger partial charge in [0.05, 0.1) is 37.1 Å². The molecule has 0 spiro atoms. The summed E-state index contributed by atoms with van der Waals surface area (Å²) in [5.41, 5.74) is 5.02. The predicted octanol–water partition coefficient (Wildman–Crippen LogP) is 3.56. The Bertz CT molecular complexity index is 1160. The number of quaternary nitrogens is 1. The van der Waals surface area contributed by atoms with Gasteiger partial charge in [0.2, 0.25) is 0 Å². The van der Waals surface area contributed by atoms with Crippen molar-refractivity contribution in [3.8, 4) is 17.0 Å². The summed E-state index contributed by atoms with van der Waals surface area (Å²) in [6, 6.07) is 26.6. The molecule has 1 saturated heterocycles. The molecule has 158 valence electrons. The van der Waals surface area contributed by atoms with E-state index in [9.17, 15) is 5.21 Å². The molecule has 31 heavy (non-hydrogen) atoms. The van der Waals surface area contributed by atoms with Crippen LogP contribution >= 0.6 is 0 Å². The van der Waals surface area contributed by atoms with E-state index in [4.69, 9.17) is 9.47 Å². The lowest BCUT2D eigenvalue weighted by molar-refractivity contribution is -0.932. The van der Waals surface area contributed by atoms with E-state index in [2.05, 4.69) is 30.3 Å². The standard InChI is InChI=1S/C26H26N2O3/c1-30-21-13-11-20(12-14-21)25(27-15-17-31-18-16-27)24-22-9-5-6-10-23(22)28(29)26(24)19-7-3-2-4-8-19/h2-14,25,29H,15-18H2,1H3/p+1/t25-/m0/s1. The van der Waals surface area contributed by atoms with Crippen molar-refractivity contribution in [2.45, 2.75) is 6.04 Å². The normalized spacial score (nSPS) is 15.8. The molecule has 1 aromatic heterocycles. The molecule has 0 radical (unpaired) electrons. The number of fused-ring (bicyclic) bond motifs is 1. The number of nitrogens with zero attached hydrogens (tertiary/aromatic N) is 1. The molecule has 4 aromatic rings. The van der Waals surface area contributed by atoms with Crippen LogP contribution in [-0.4, -0.2) is 43.4 Å². The Balaban J connectivity index is 1.78. The predicted molar refractivity (Wildman–Crippen MR) is 121 cm³/mol. The number of para-hydroxylation sites is 1. The van der Waals surface area contributed by atoms with Gasteiger partial charge in [0.25, 0.3) is 0 Å². The average molecular weight is 416 g/mol. The molecule has 0 aliphatic carbocycles. The summed E-state index contributed by atoms with van der Waals surface area (Å²) in [6.07, 6.45) is 0. The van der Waals surface area contributed by atoms with E-state index in [1.165, 1.54) is 15.2 Å². The first-order chi connectivity index (χ1) is 15.3. The van der Waals surface area contributed by atoms with Crippen molar-refractivity contribution in [1.29, 1.82) is 0 Å². The molecule has 1 aliphatic heterocycles. The zero-order valence-electron chi connectivity index (χ0n) is 17.6. The van der Waals surface area contributed by atoms with E-state index in [0.717, 1.165) is 59.8 Å². The lowest BCUT2D eigenvalue weighted by Gasteiger charge is -2.32. The van der Waals surface area contributed by atoms with Crippen LogP contribution in [0.25, 0.3) is 22.2 Å². The maximum atomic E-state index is 11.3. The minimum atomic E-state index is 0.0586. The quantitative estimate of drug-likeness (QED) is 0.490. The number of nitrogens with one attached hydrogen (secondary N) is 1.